The molecule has 0 spiro atoms. The van der Waals surface area contributed by atoms with Gasteiger partial charge in [0.15, 0.2) is 0 Å². The fourth-order valence-corrected chi connectivity index (χ4v) is 2.28. The summed E-state index contributed by atoms with van der Waals surface area (Å²) < 4.78 is 6.91. The Bertz CT molecular complexity index is 618. The Labute approximate surface area is 122 Å². The Morgan fingerprint density at radius 3 is 2.81 bits per heavy atom. The smallest absolute Gasteiger partial charge is 0.333 e. The fourth-order valence-electron chi connectivity index (χ4n) is 2.28. The summed E-state index contributed by atoms with van der Waals surface area (Å²) in [5.74, 6) is 1.20. The van der Waals surface area contributed by atoms with Crippen LogP contribution in [0.3, 0.4) is 0 Å². The van der Waals surface area contributed by atoms with E-state index in [4.69, 9.17) is 4.42 Å². The number of hydrogen-bond acceptors (Lipinski definition) is 6. The van der Waals surface area contributed by atoms with Gasteiger partial charge in [0.2, 0.25) is 5.82 Å². The Morgan fingerprint density at radius 1 is 1.57 bits per heavy atom. The molecule has 8 nitrogen and oxygen atoms in total. The average Bonchev–Trinajstić information content (AvgIpc) is 2.98. The maximum Gasteiger partial charge on any atom is 0.333 e. The zero-order valence-electron chi connectivity index (χ0n) is 12.5. The monoisotopic (exact) mass is 293 g/mol. The number of nitrogens with one attached hydrogen (secondary N) is 1. The molecule has 1 atom stereocenters. The van der Waals surface area contributed by atoms with Crippen molar-refractivity contribution < 1.29 is 9.34 Å². The minimum absolute atomic E-state index is 0.00875. The van der Waals surface area contributed by atoms with Crippen LogP contribution < -0.4 is 5.32 Å². The van der Waals surface area contributed by atoms with Gasteiger partial charge in [-0.1, -0.05) is 0 Å². The molecule has 0 unspecified atom stereocenters. The van der Waals surface area contributed by atoms with Crippen LogP contribution in [0.5, 0.6) is 0 Å². The van der Waals surface area contributed by atoms with Crippen LogP contribution >= 0.6 is 0 Å². The summed E-state index contributed by atoms with van der Waals surface area (Å²) in [7, 11) is 5.54. The maximum atomic E-state index is 11.1. The van der Waals surface area contributed by atoms with E-state index in [0.29, 0.717) is 18.1 Å². The number of nitrogens with zero attached hydrogens (tertiary/aromatic N) is 4. The van der Waals surface area contributed by atoms with Crippen molar-refractivity contribution in [2.45, 2.75) is 13.0 Å². The first-order valence-corrected chi connectivity index (χ1v) is 6.53. The number of nitro groups is 1. The summed E-state index contributed by atoms with van der Waals surface area (Å²) in [6.45, 7) is 2.10. The molecule has 0 radical (unpaired) electrons. The number of likely N-dealkylation sites (N-methyl/N-ethyl adjacent to an activating group) is 1. The number of hydrogen-bond donors (Lipinski definition) is 1. The summed E-state index contributed by atoms with van der Waals surface area (Å²) in [6, 6.07) is 3.67. The van der Waals surface area contributed by atoms with Gasteiger partial charge >= 0.3 is 5.69 Å². The second-order valence-electron chi connectivity index (χ2n) is 5.04. The molecule has 1 N–H and O–H groups in total. The van der Waals surface area contributed by atoms with Crippen molar-refractivity contribution in [3.05, 3.63) is 40.0 Å². The molecule has 2 aromatic heterocycles. The molecule has 2 heterocycles. The van der Waals surface area contributed by atoms with Gasteiger partial charge in [-0.25, -0.2) is 4.68 Å². The van der Waals surface area contributed by atoms with Crippen LogP contribution in [0.25, 0.3) is 0 Å². The molecule has 0 amide bonds. The van der Waals surface area contributed by atoms with Crippen molar-refractivity contribution >= 4 is 11.5 Å². The molecule has 0 saturated heterocycles. The average molecular weight is 293 g/mol. The molecule has 0 aromatic carbocycles. The van der Waals surface area contributed by atoms with Gasteiger partial charge in [0.05, 0.1) is 17.2 Å². The van der Waals surface area contributed by atoms with Crippen molar-refractivity contribution in [3.63, 3.8) is 0 Å². The van der Waals surface area contributed by atoms with Crippen LogP contribution in [0, 0.1) is 17.0 Å². The number of furan rings is 1. The predicted octanol–water partition coefficient (Wildman–Crippen LogP) is 1.94. The Hall–Kier alpha value is -2.35. The van der Waals surface area contributed by atoms with Crippen LogP contribution in [0.2, 0.25) is 0 Å². The minimum Gasteiger partial charge on any atom is -0.468 e. The third-order valence-corrected chi connectivity index (χ3v) is 3.33. The summed E-state index contributed by atoms with van der Waals surface area (Å²) in [5.41, 5.74) is 0.402. The van der Waals surface area contributed by atoms with Gasteiger partial charge in [-0.05, 0) is 33.2 Å². The van der Waals surface area contributed by atoms with Crippen molar-refractivity contribution in [2.24, 2.45) is 7.05 Å². The van der Waals surface area contributed by atoms with Crippen LogP contribution in [0.1, 0.15) is 17.5 Å². The number of rotatable bonds is 6. The molecular weight excluding hydrogens is 274 g/mol. The lowest BCUT2D eigenvalue weighted by Gasteiger charge is -2.22. The summed E-state index contributed by atoms with van der Waals surface area (Å²) in [6.07, 6.45) is 1.61. The lowest BCUT2D eigenvalue weighted by molar-refractivity contribution is -0.384. The van der Waals surface area contributed by atoms with E-state index in [1.54, 1.807) is 20.2 Å². The topological polar surface area (TPSA) is 89.4 Å². The van der Waals surface area contributed by atoms with Gasteiger partial charge in [0.25, 0.3) is 0 Å². The maximum absolute atomic E-state index is 11.1. The minimum atomic E-state index is -0.414. The SMILES string of the molecule is Cc1nn(C)c(NC[C@H](c2ccco2)N(C)C)c1[N+](=O)[O-]. The molecule has 21 heavy (non-hydrogen) atoms. The third kappa shape index (κ3) is 3.05. The highest BCUT2D eigenvalue weighted by Crippen LogP contribution is 2.28. The second-order valence-corrected chi connectivity index (χ2v) is 5.04. The summed E-state index contributed by atoms with van der Waals surface area (Å²) >= 11 is 0. The number of aromatic nitrogens is 2. The lowest BCUT2D eigenvalue weighted by Crippen LogP contribution is -2.27. The van der Waals surface area contributed by atoms with Crippen LogP contribution in [0.15, 0.2) is 22.8 Å². The van der Waals surface area contributed by atoms with E-state index in [1.165, 1.54) is 4.68 Å². The van der Waals surface area contributed by atoms with E-state index in [9.17, 15) is 10.1 Å². The third-order valence-electron chi connectivity index (χ3n) is 3.33. The van der Waals surface area contributed by atoms with Gasteiger partial charge < -0.3 is 9.73 Å². The van der Waals surface area contributed by atoms with Crippen LogP contribution in [-0.2, 0) is 7.05 Å². The first-order chi connectivity index (χ1) is 9.91. The van der Waals surface area contributed by atoms with E-state index in [2.05, 4.69) is 10.4 Å². The van der Waals surface area contributed by atoms with Gasteiger partial charge in [-0.2, -0.15) is 5.10 Å². The molecule has 0 fully saturated rings. The first kappa shape index (κ1) is 15.0. The molecule has 2 rings (SSSR count). The number of anilines is 1. The van der Waals surface area contributed by atoms with E-state index >= 15 is 0 Å². The van der Waals surface area contributed by atoms with Gasteiger partial charge in [-0.15, -0.1) is 0 Å². The second kappa shape index (κ2) is 5.96. The highest BCUT2D eigenvalue weighted by molar-refractivity contribution is 5.59. The standard InChI is InChI=1S/C13H19N5O3/c1-9-12(18(19)20)13(17(4)15-9)14-8-10(16(2)3)11-6-5-7-21-11/h5-7,10,14H,8H2,1-4H3/t10-/m1/s1. The van der Waals surface area contributed by atoms with E-state index in [0.717, 1.165) is 5.76 Å². The quantitative estimate of drug-likeness (QED) is 0.646. The van der Waals surface area contributed by atoms with Gasteiger partial charge in [-0.3, -0.25) is 15.0 Å². The molecule has 2 aromatic rings. The molecular formula is C13H19N5O3. The highest BCUT2D eigenvalue weighted by atomic mass is 16.6. The Balaban J connectivity index is 2.21. The fraction of sp³-hybridized carbons (Fsp3) is 0.462. The molecule has 0 saturated carbocycles. The largest absolute Gasteiger partial charge is 0.468 e. The van der Waals surface area contributed by atoms with Gasteiger partial charge in [0.1, 0.15) is 11.5 Å². The van der Waals surface area contributed by atoms with E-state index < -0.39 is 4.92 Å². The number of aryl methyl sites for hydroxylation is 2. The Morgan fingerprint density at radius 2 is 2.29 bits per heavy atom. The molecule has 8 heteroatoms. The normalized spacial score (nSPS) is 12.6. The van der Waals surface area contributed by atoms with Crippen molar-refractivity contribution in [1.29, 1.82) is 0 Å². The molecule has 0 aliphatic carbocycles. The summed E-state index contributed by atoms with van der Waals surface area (Å²) in [4.78, 5) is 12.7. The Kier molecular flexibility index (Phi) is 4.27. The van der Waals surface area contributed by atoms with Crippen LogP contribution in [-0.4, -0.2) is 40.2 Å². The molecule has 0 aliphatic rings. The van der Waals surface area contributed by atoms with Crippen LogP contribution in [0.4, 0.5) is 11.5 Å². The van der Waals surface area contributed by atoms with Crippen molar-refractivity contribution in [3.8, 4) is 0 Å². The van der Waals surface area contributed by atoms with Gasteiger partial charge in [0, 0.05) is 13.6 Å². The summed E-state index contributed by atoms with van der Waals surface area (Å²) in [5, 5.41) is 18.4. The first-order valence-electron chi connectivity index (χ1n) is 6.53. The lowest BCUT2D eigenvalue weighted by atomic mass is 10.2. The predicted molar refractivity (Wildman–Crippen MR) is 78.2 cm³/mol. The zero-order chi connectivity index (χ0) is 15.6. The van der Waals surface area contributed by atoms with E-state index in [1.807, 2.05) is 31.1 Å². The highest BCUT2D eigenvalue weighted by Gasteiger charge is 2.25. The zero-order valence-corrected chi connectivity index (χ0v) is 12.5. The van der Waals surface area contributed by atoms with Crippen molar-refractivity contribution in [2.75, 3.05) is 26.0 Å². The van der Waals surface area contributed by atoms with E-state index in [-0.39, 0.29) is 11.7 Å². The molecule has 0 bridgehead atoms. The van der Waals surface area contributed by atoms with Crippen molar-refractivity contribution in [1.82, 2.24) is 14.7 Å². The molecule has 114 valence electrons. The molecule has 0 aliphatic heterocycles.